The standard InChI is InChI=1S/C18H27N3O3/c1-21(2)10-5-9-19-17(22)14-6-3-7-15(12-14)18(23)20-13-16-8-4-11-24-16/h3,6-7,12,16H,4-5,8-11,13H2,1-2H3,(H,19,22)(H,20,23). The highest BCUT2D eigenvalue weighted by Gasteiger charge is 2.17. The predicted octanol–water partition coefficient (Wildman–Crippen LogP) is 1.28. The summed E-state index contributed by atoms with van der Waals surface area (Å²) in [5.41, 5.74) is 0.999. The summed E-state index contributed by atoms with van der Waals surface area (Å²) in [6, 6.07) is 6.80. The van der Waals surface area contributed by atoms with Crippen molar-refractivity contribution in [3.05, 3.63) is 35.4 Å². The van der Waals surface area contributed by atoms with Gasteiger partial charge in [-0.15, -0.1) is 0 Å². The molecule has 1 aromatic rings. The van der Waals surface area contributed by atoms with Gasteiger partial charge in [0.25, 0.3) is 11.8 Å². The first-order chi connectivity index (χ1) is 11.6. The maximum atomic E-state index is 12.2. The Bertz CT molecular complexity index is 554. The van der Waals surface area contributed by atoms with Crippen molar-refractivity contribution in [3.63, 3.8) is 0 Å². The van der Waals surface area contributed by atoms with Gasteiger partial charge in [-0.25, -0.2) is 0 Å². The Morgan fingerprint density at radius 2 is 1.92 bits per heavy atom. The lowest BCUT2D eigenvalue weighted by Gasteiger charge is -2.12. The molecule has 2 amide bonds. The van der Waals surface area contributed by atoms with Crippen molar-refractivity contribution in [3.8, 4) is 0 Å². The van der Waals surface area contributed by atoms with Crippen LogP contribution >= 0.6 is 0 Å². The summed E-state index contributed by atoms with van der Waals surface area (Å²) in [7, 11) is 4.00. The van der Waals surface area contributed by atoms with Gasteiger partial charge in [-0.2, -0.15) is 0 Å². The number of nitrogens with zero attached hydrogens (tertiary/aromatic N) is 1. The molecule has 2 rings (SSSR count). The Morgan fingerprint density at radius 1 is 1.21 bits per heavy atom. The normalized spacial score (nSPS) is 17.0. The molecule has 1 aromatic carbocycles. The molecule has 0 aromatic heterocycles. The predicted molar refractivity (Wildman–Crippen MR) is 93.3 cm³/mol. The molecule has 2 N–H and O–H groups in total. The number of hydrogen-bond donors (Lipinski definition) is 2. The molecule has 1 aliphatic heterocycles. The van der Waals surface area contributed by atoms with Crippen LogP contribution in [0.4, 0.5) is 0 Å². The average Bonchev–Trinajstić information content (AvgIpc) is 3.10. The Morgan fingerprint density at radius 3 is 2.54 bits per heavy atom. The fraction of sp³-hybridized carbons (Fsp3) is 0.556. The van der Waals surface area contributed by atoms with Crippen LogP contribution in [0.5, 0.6) is 0 Å². The van der Waals surface area contributed by atoms with Gasteiger partial charge in [-0.1, -0.05) is 6.07 Å². The minimum absolute atomic E-state index is 0.108. The zero-order chi connectivity index (χ0) is 17.4. The highest BCUT2D eigenvalue weighted by Crippen LogP contribution is 2.11. The van der Waals surface area contributed by atoms with Crippen molar-refractivity contribution in [1.29, 1.82) is 0 Å². The number of carbonyl (C=O) groups is 2. The van der Waals surface area contributed by atoms with E-state index in [-0.39, 0.29) is 17.9 Å². The van der Waals surface area contributed by atoms with E-state index in [9.17, 15) is 9.59 Å². The van der Waals surface area contributed by atoms with Crippen LogP contribution in [0.15, 0.2) is 24.3 Å². The van der Waals surface area contributed by atoms with Crippen LogP contribution in [0.3, 0.4) is 0 Å². The van der Waals surface area contributed by atoms with Gasteiger partial charge in [0.1, 0.15) is 0 Å². The third kappa shape index (κ3) is 5.94. The van der Waals surface area contributed by atoms with E-state index in [1.165, 1.54) is 0 Å². The van der Waals surface area contributed by atoms with E-state index in [1.807, 2.05) is 14.1 Å². The Balaban J connectivity index is 1.83. The first-order valence-electron chi connectivity index (χ1n) is 8.49. The van der Waals surface area contributed by atoms with Crippen LogP contribution < -0.4 is 10.6 Å². The first kappa shape index (κ1) is 18.4. The van der Waals surface area contributed by atoms with Crippen LogP contribution in [0.1, 0.15) is 40.0 Å². The number of carbonyl (C=O) groups excluding carboxylic acids is 2. The van der Waals surface area contributed by atoms with E-state index < -0.39 is 0 Å². The summed E-state index contributed by atoms with van der Waals surface area (Å²) in [5.74, 6) is -0.324. The number of hydrogen-bond acceptors (Lipinski definition) is 4. The summed E-state index contributed by atoms with van der Waals surface area (Å²) in [4.78, 5) is 26.4. The van der Waals surface area contributed by atoms with Crippen LogP contribution in [0.2, 0.25) is 0 Å². The number of amides is 2. The molecule has 1 atom stereocenters. The molecule has 24 heavy (non-hydrogen) atoms. The minimum Gasteiger partial charge on any atom is -0.376 e. The molecule has 1 aliphatic rings. The summed E-state index contributed by atoms with van der Waals surface area (Å²) >= 11 is 0. The maximum absolute atomic E-state index is 12.2. The smallest absolute Gasteiger partial charge is 0.251 e. The highest BCUT2D eigenvalue weighted by atomic mass is 16.5. The monoisotopic (exact) mass is 333 g/mol. The van der Waals surface area contributed by atoms with E-state index in [4.69, 9.17) is 4.74 Å². The van der Waals surface area contributed by atoms with Crippen LogP contribution in [-0.4, -0.2) is 63.2 Å². The third-order valence-electron chi connectivity index (χ3n) is 3.97. The molecule has 0 bridgehead atoms. The van der Waals surface area contributed by atoms with Crippen molar-refractivity contribution < 1.29 is 14.3 Å². The second-order valence-electron chi connectivity index (χ2n) is 6.34. The quantitative estimate of drug-likeness (QED) is 0.703. The molecule has 0 saturated carbocycles. The molecule has 0 aliphatic carbocycles. The molecule has 6 nitrogen and oxygen atoms in total. The lowest BCUT2D eigenvalue weighted by atomic mass is 10.1. The van der Waals surface area contributed by atoms with E-state index in [2.05, 4.69) is 15.5 Å². The van der Waals surface area contributed by atoms with Crippen LogP contribution in [-0.2, 0) is 4.74 Å². The summed E-state index contributed by atoms with van der Waals surface area (Å²) in [5, 5.41) is 5.75. The first-order valence-corrected chi connectivity index (χ1v) is 8.49. The summed E-state index contributed by atoms with van der Waals surface area (Å²) in [6.07, 6.45) is 3.03. The molecule has 1 fully saturated rings. The van der Waals surface area contributed by atoms with Gasteiger partial charge in [-0.05, 0) is 58.1 Å². The molecule has 132 valence electrons. The maximum Gasteiger partial charge on any atom is 0.251 e. The topological polar surface area (TPSA) is 70.7 Å². The van der Waals surface area contributed by atoms with E-state index in [0.717, 1.165) is 32.4 Å². The van der Waals surface area contributed by atoms with Gasteiger partial charge in [0.15, 0.2) is 0 Å². The molecule has 0 spiro atoms. The van der Waals surface area contributed by atoms with Crippen molar-refractivity contribution in [2.24, 2.45) is 0 Å². The zero-order valence-electron chi connectivity index (χ0n) is 14.5. The van der Waals surface area contributed by atoms with Crippen LogP contribution in [0, 0.1) is 0 Å². The van der Waals surface area contributed by atoms with Gasteiger partial charge >= 0.3 is 0 Å². The summed E-state index contributed by atoms with van der Waals surface area (Å²) < 4.78 is 5.49. The zero-order valence-corrected chi connectivity index (χ0v) is 14.5. The summed E-state index contributed by atoms with van der Waals surface area (Å²) in [6.45, 7) is 2.82. The van der Waals surface area contributed by atoms with Gasteiger partial charge in [0, 0.05) is 30.8 Å². The molecule has 0 radical (unpaired) electrons. The fourth-order valence-electron chi connectivity index (χ4n) is 2.61. The average molecular weight is 333 g/mol. The Kier molecular flexibility index (Phi) is 7.21. The lowest BCUT2D eigenvalue weighted by Crippen LogP contribution is -2.32. The third-order valence-corrected chi connectivity index (χ3v) is 3.97. The number of ether oxygens (including phenoxy) is 1. The Labute approximate surface area is 143 Å². The van der Waals surface area contributed by atoms with Crippen molar-refractivity contribution in [2.45, 2.75) is 25.4 Å². The second kappa shape index (κ2) is 9.39. The number of nitrogens with one attached hydrogen (secondary N) is 2. The van der Waals surface area contributed by atoms with Crippen molar-refractivity contribution in [1.82, 2.24) is 15.5 Å². The van der Waals surface area contributed by atoms with Gasteiger partial charge in [-0.3, -0.25) is 9.59 Å². The largest absolute Gasteiger partial charge is 0.376 e. The molecule has 6 heteroatoms. The van der Waals surface area contributed by atoms with E-state index >= 15 is 0 Å². The number of rotatable bonds is 8. The fourth-order valence-corrected chi connectivity index (χ4v) is 2.61. The van der Waals surface area contributed by atoms with Crippen molar-refractivity contribution >= 4 is 11.8 Å². The van der Waals surface area contributed by atoms with E-state index in [1.54, 1.807) is 24.3 Å². The minimum atomic E-state index is -0.173. The van der Waals surface area contributed by atoms with Gasteiger partial charge in [0.05, 0.1) is 6.10 Å². The van der Waals surface area contributed by atoms with Crippen molar-refractivity contribution in [2.75, 3.05) is 40.3 Å². The molecular weight excluding hydrogens is 306 g/mol. The van der Waals surface area contributed by atoms with E-state index in [0.29, 0.717) is 24.2 Å². The molecule has 1 unspecified atom stereocenters. The van der Waals surface area contributed by atoms with Gasteiger partial charge < -0.3 is 20.3 Å². The highest BCUT2D eigenvalue weighted by molar-refractivity contribution is 5.99. The second-order valence-corrected chi connectivity index (χ2v) is 6.34. The molecular formula is C18H27N3O3. The Hall–Kier alpha value is -1.92. The SMILES string of the molecule is CN(C)CCCNC(=O)c1cccc(C(=O)NCC2CCCO2)c1. The number of benzene rings is 1. The molecule has 1 heterocycles. The van der Waals surface area contributed by atoms with Gasteiger partial charge in [0.2, 0.25) is 0 Å². The van der Waals surface area contributed by atoms with Crippen LogP contribution in [0.25, 0.3) is 0 Å². The molecule has 1 saturated heterocycles. The lowest BCUT2D eigenvalue weighted by molar-refractivity contribution is 0.0857.